The Balaban J connectivity index is 1.50. The Hall–Kier alpha value is -2.90. The van der Waals surface area contributed by atoms with E-state index in [1.54, 1.807) is 13.3 Å². The molecule has 0 amide bonds. The molecule has 28 heavy (non-hydrogen) atoms. The van der Waals surface area contributed by atoms with Crippen LogP contribution in [-0.2, 0) is 16.0 Å². The molecule has 0 aliphatic carbocycles. The van der Waals surface area contributed by atoms with E-state index < -0.39 is 5.97 Å². The fourth-order valence-corrected chi connectivity index (χ4v) is 3.57. The number of aromatic amines is 1. The van der Waals surface area contributed by atoms with Crippen LogP contribution in [-0.4, -0.2) is 55.0 Å². The van der Waals surface area contributed by atoms with Crippen molar-refractivity contribution in [2.45, 2.75) is 12.6 Å². The predicted molar refractivity (Wildman–Crippen MR) is 104 cm³/mol. The molecule has 0 saturated carbocycles. The summed E-state index contributed by atoms with van der Waals surface area (Å²) in [5.74, 6) is 0.448. The Morgan fingerprint density at radius 3 is 2.89 bits per heavy atom. The number of esters is 1. The van der Waals surface area contributed by atoms with Crippen molar-refractivity contribution in [2.24, 2.45) is 0 Å². The quantitative estimate of drug-likeness (QED) is 0.685. The first-order valence-electron chi connectivity index (χ1n) is 9.20. The molecule has 1 aromatic heterocycles. The highest BCUT2D eigenvalue weighted by molar-refractivity contribution is 5.88. The fraction of sp³-hybridized carbons (Fsp3) is 0.333. The summed E-state index contributed by atoms with van der Waals surface area (Å²) < 4.78 is 16.1. The number of nitrogens with one attached hydrogen (secondary N) is 1. The molecule has 2 aromatic carbocycles. The number of nitrogens with zero attached hydrogens (tertiary/aromatic N) is 2. The number of morpholine rings is 1. The highest BCUT2D eigenvalue weighted by Crippen LogP contribution is 2.28. The van der Waals surface area contributed by atoms with Crippen LogP contribution in [0.3, 0.4) is 0 Å². The third kappa shape index (κ3) is 3.72. The van der Waals surface area contributed by atoms with Gasteiger partial charge in [-0.3, -0.25) is 10.00 Å². The van der Waals surface area contributed by atoms with Gasteiger partial charge in [0.2, 0.25) is 0 Å². The molecule has 1 aliphatic heterocycles. The average Bonchev–Trinajstić information content (AvgIpc) is 3.20. The smallest absolute Gasteiger partial charge is 0.356 e. The molecule has 1 aliphatic rings. The normalized spacial score (nSPS) is 17.6. The number of H-pyrrole nitrogens is 1. The fourth-order valence-electron chi connectivity index (χ4n) is 3.57. The summed E-state index contributed by atoms with van der Waals surface area (Å²) >= 11 is 0. The van der Waals surface area contributed by atoms with Crippen molar-refractivity contribution in [2.75, 3.05) is 33.9 Å². The van der Waals surface area contributed by atoms with Gasteiger partial charge in [0.25, 0.3) is 0 Å². The maximum Gasteiger partial charge on any atom is 0.356 e. The van der Waals surface area contributed by atoms with Crippen LogP contribution >= 0.6 is 0 Å². The summed E-state index contributed by atoms with van der Waals surface area (Å²) in [5.41, 5.74) is 2.38. The number of aromatic nitrogens is 2. The van der Waals surface area contributed by atoms with E-state index in [0.717, 1.165) is 40.7 Å². The molecule has 4 rings (SSSR count). The van der Waals surface area contributed by atoms with E-state index in [9.17, 15) is 4.79 Å². The van der Waals surface area contributed by atoms with Gasteiger partial charge in [0.1, 0.15) is 11.4 Å². The summed E-state index contributed by atoms with van der Waals surface area (Å²) in [6.07, 6.45) is 1.66. The zero-order valence-corrected chi connectivity index (χ0v) is 16.0. The Bertz CT molecular complexity index is 985. The molecule has 0 bridgehead atoms. The van der Waals surface area contributed by atoms with E-state index in [0.29, 0.717) is 18.8 Å². The minimum Gasteiger partial charge on any atom is -0.497 e. The lowest BCUT2D eigenvalue weighted by Crippen LogP contribution is -2.38. The van der Waals surface area contributed by atoms with Gasteiger partial charge in [0, 0.05) is 25.2 Å². The molecule has 1 N–H and O–H groups in total. The van der Waals surface area contributed by atoms with Crippen LogP contribution in [0.15, 0.2) is 42.6 Å². The predicted octanol–water partition coefficient (Wildman–Crippen LogP) is 2.93. The van der Waals surface area contributed by atoms with Gasteiger partial charge in [-0.15, -0.1) is 0 Å². The number of methoxy groups -OCH3 is 2. The number of rotatable bonds is 5. The van der Waals surface area contributed by atoms with E-state index in [4.69, 9.17) is 14.2 Å². The van der Waals surface area contributed by atoms with Gasteiger partial charge in [0.15, 0.2) is 0 Å². The first-order chi connectivity index (χ1) is 13.7. The van der Waals surface area contributed by atoms with Crippen LogP contribution in [0, 0.1) is 0 Å². The molecular formula is C21H23N3O4. The lowest BCUT2D eigenvalue weighted by molar-refractivity contribution is -0.0329. The zero-order chi connectivity index (χ0) is 19.5. The van der Waals surface area contributed by atoms with Crippen molar-refractivity contribution in [1.29, 1.82) is 0 Å². The Morgan fingerprint density at radius 1 is 1.25 bits per heavy atom. The van der Waals surface area contributed by atoms with E-state index >= 15 is 0 Å². The molecule has 146 valence electrons. The summed E-state index contributed by atoms with van der Waals surface area (Å²) in [6, 6.07) is 12.4. The van der Waals surface area contributed by atoms with E-state index in [1.807, 2.05) is 12.1 Å². The molecule has 0 spiro atoms. The maximum atomic E-state index is 11.8. The average molecular weight is 381 g/mol. The molecule has 7 nitrogen and oxygen atoms in total. The Morgan fingerprint density at radius 2 is 2.07 bits per heavy atom. The molecule has 2 heterocycles. The van der Waals surface area contributed by atoms with Crippen molar-refractivity contribution in [3.63, 3.8) is 0 Å². The molecule has 0 radical (unpaired) electrons. The standard InChI is InChI=1S/C21H23N3O4/c1-26-18-6-5-14-9-16(4-3-15(14)10-18)19-13-24(7-8-28-19)12-17-11-22-23-20(17)21(25)27-2/h3-6,9-11,19H,7-8,12-13H2,1-2H3,(H,22,23). The highest BCUT2D eigenvalue weighted by atomic mass is 16.5. The third-order valence-electron chi connectivity index (χ3n) is 5.10. The summed E-state index contributed by atoms with van der Waals surface area (Å²) in [4.78, 5) is 14.1. The molecule has 1 unspecified atom stereocenters. The SMILES string of the molecule is COC(=O)c1[nH]ncc1CN1CCOC(c2ccc3cc(OC)ccc3c2)C1. The number of benzene rings is 2. The monoisotopic (exact) mass is 381 g/mol. The number of carbonyl (C=O) groups excluding carboxylic acids is 1. The van der Waals surface area contributed by atoms with Gasteiger partial charge in [-0.1, -0.05) is 18.2 Å². The second kappa shape index (κ2) is 8.00. The second-order valence-corrected chi connectivity index (χ2v) is 6.83. The number of hydrogen-bond donors (Lipinski definition) is 1. The Labute approximate surface area is 163 Å². The zero-order valence-electron chi connectivity index (χ0n) is 16.0. The van der Waals surface area contributed by atoms with Crippen molar-refractivity contribution in [1.82, 2.24) is 15.1 Å². The van der Waals surface area contributed by atoms with Gasteiger partial charge < -0.3 is 14.2 Å². The molecule has 3 aromatic rings. The van der Waals surface area contributed by atoms with Crippen LogP contribution < -0.4 is 4.74 Å². The summed E-state index contributed by atoms with van der Waals surface area (Å²) in [6.45, 7) is 2.79. The van der Waals surface area contributed by atoms with E-state index in [-0.39, 0.29) is 6.10 Å². The number of ether oxygens (including phenoxy) is 3. The van der Waals surface area contributed by atoms with Crippen LogP contribution in [0.25, 0.3) is 10.8 Å². The molecule has 1 fully saturated rings. The van der Waals surface area contributed by atoms with Crippen LogP contribution in [0.1, 0.15) is 27.7 Å². The maximum absolute atomic E-state index is 11.8. The lowest BCUT2D eigenvalue weighted by Gasteiger charge is -2.33. The van der Waals surface area contributed by atoms with Gasteiger partial charge in [0.05, 0.1) is 33.1 Å². The minimum absolute atomic E-state index is 0.0197. The van der Waals surface area contributed by atoms with Gasteiger partial charge in [-0.2, -0.15) is 5.10 Å². The number of hydrogen-bond acceptors (Lipinski definition) is 6. The van der Waals surface area contributed by atoms with Gasteiger partial charge in [-0.25, -0.2) is 4.79 Å². The van der Waals surface area contributed by atoms with E-state index in [1.165, 1.54) is 7.11 Å². The first-order valence-corrected chi connectivity index (χ1v) is 9.20. The Kier molecular flexibility index (Phi) is 5.27. The minimum atomic E-state index is -0.401. The van der Waals surface area contributed by atoms with Crippen molar-refractivity contribution >= 4 is 16.7 Å². The van der Waals surface area contributed by atoms with Crippen LogP contribution in [0.5, 0.6) is 5.75 Å². The largest absolute Gasteiger partial charge is 0.497 e. The van der Waals surface area contributed by atoms with E-state index in [2.05, 4.69) is 39.4 Å². The first kappa shape index (κ1) is 18.5. The van der Waals surface area contributed by atoms with Gasteiger partial charge in [-0.05, 0) is 34.5 Å². The van der Waals surface area contributed by atoms with Crippen molar-refractivity contribution in [3.8, 4) is 5.75 Å². The highest BCUT2D eigenvalue weighted by Gasteiger charge is 2.24. The molecule has 1 atom stereocenters. The second-order valence-electron chi connectivity index (χ2n) is 6.83. The van der Waals surface area contributed by atoms with Crippen molar-refractivity contribution in [3.05, 3.63) is 59.4 Å². The van der Waals surface area contributed by atoms with Gasteiger partial charge >= 0.3 is 5.97 Å². The van der Waals surface area contributed by atoms with Crippen LogP contribution in [0.4, 0.5) is 0 Å². The van der Waals surface area contributed by atoms with Crippen LogP contribution in [0.2, 0.25) is 0 Å². The van der Waals surface area contributed by atoms with Crippen molar-refractivity contribution < 1.29 is 19.0 Å². The number of carbonyl (C=O) groups is 1. The topological polar surface area (TPSA) is 76.7 Å². The summed E-state index contributed by atoms with van der Waals surface area (Å²) in [7, 11) is 3.04. The number of fused-ring (bicyclic) bond motifs is 1. The third-order valence-corrected chi connectivity index (χ3v) is 5.10. The molecular weight excluding hydrogens is 358 g/mol. The lowest BCUT2D eigenvalue weighted by atomic mass is 10.0. The molecule has 7 heteroatoms. The summed E-state index contributed by atoms with van der Waals surface area (Å²) in [5, 5.41) is 9.00. The molecule has 1 saturated heterocycles.